The molecule has 0 bridgehead atoms. The number of pyridine rings is 3. The highest BCUT2D eigenvalue weighted by atomic mass is 32.2. The van der Waals surface area contributed by atoms with Crippen LogP contribution in [-0.2, 0) is 33.8 Å². The van der Waals surface area contributed by atoms with Crippen molar-refractivity contribution in [1.82, 2.24) is 74.6 Å². The molecule has 0 fully saturated rings. The number of methoxy groups -OCH3 is 3. The van der Waals surface area contributed by atoms with Crippen molar-refractivity contribution in [3.8, 4) is 40.5 Å². The zero-order valence-electron chi connectivity index (χ0n) is 58.5. The lowest BCUT2D eigenvalue weighted by Gasteiger charge is -2.19. The van der Waals surface area contributed by atoms with Gasteiger partial charge in [0.25, 0.3) is 0 Å². The van der Waals surface area contributed by atoms with E-state index in [4.69, 9.17) is 37.9 Å². The van der Waals surface area contributed by atoms with E-state index < -0.39 is 62.7 Å². The average Bonchev–Trinajstić information content (AvgIpc) is 1.58. The van der Waals surface area contributed by atoms with Crippen molar-refractivity contribution in [2.75, 3.05) is 37.7 Å². The zero-order chi connectivity index (χ0) is 77.7. The van der Waals surface area contributed by atoms with Crippen LogP contribution >= 0.6 is 0 Å². The number of esters is 3. The molecule has 0 spiro atoms. The number of alkyl halides is 3. The third kappa shape index (κ3) is 16.1. The number of nitrogens with one attached hydrogen (secondary N) is 3. The van der Waals surface area contributed by atoms with Gasteiger partial charge in [-0.05, 0) is 114 Å². The number of ether oxygens (including phenoxy) is 5. The third-order valence-corrected chi connectivity index (χ3v) is 16.0. The molecule has 15 rings (SSSR count). The number of anilines is 5. The summed E-state index contributed by atoms with van der Waals surface area (Å²) < 4.78 is 109. The molecule has 0 aliphatic heterocycles. The predicted molar refractivity (Wildman–Crippen MR) is 391 cm³/mol. The first kappa shape index (κ1) is 76.8. The number of carbonyl (C=O) groups is 5. The molecule has 5 N–H and O–H groups in total. The van der Waals surface area contributed by atoms with Crippen LogP contribution in [0.2, 0.25) is 0 Å². The zero-order valence-corrected chi connectivity index (χ0v) is 59.3. The SMILES string of the molecule is C.COC(=O)c1n[nH]c2cccc(Nc3c(-c4ncccn4)oc4cnccc34)c12.COC(=O)c1nn(C(=O)OC(C)(C)C)c2cccc(N)c12.COC(=O)c1nn(C(=O)OC(C)(C)C)c2cccc(Nc3c(-c4ncccn4)oc4cnccc34)c12.O=S(=O)(Oc1c(-c2ncccn2)oc2cnccc12)C(F)(F)F. The Morgan fingerprint density at radius 3 is 1.34 bits per heavy atom. The van der Waals surface area contributed by atoms with Crippen LogP contribution in [0.1, 0.15) is 80.4 Å². The molecule has 38 heteroatoms. The lowest BCUT2D eigenvalue weighted by atomic mass is 10.1. The molecule has 110 heavy (non-hydrogen) atoms. The maximum Gasteiger partial charge on any atom is 0.534 e. The van der Waals surface area contributed by atoms with Crippen LogP contribution in [0.3, 0.4) is 0 Å². The lowest BCUT2D eigenvalue weighted by Crippen LogP contribution is -2.28. The molecule has 0 radical (unpaired) electrons. The van der Waals surface area contributed by atoms with Gasteiger partial charge in [0.15, 0.2) is 68.6 Å². The van der Waals surface area contributed by atoms with E-state index in [1.54, 1.807) is 146 Å². The predicted octanol–water partition coefficient (Wildman–Crippen LogP) is 14.0. The molecule has 12 heterocycles. The second-order valence-corrected chi connectivity index (χ2v) is 26.2. The van der Waals surface area contributed by atoms with E-state index in [-0.39, 0.29) is 47.1 Å². The number of nitrogen functional groups attached to an aromatic ring is 1. The molecule has 0 amide bonds. The van der Waals surface area contributed by atoms with Gasteiger partial charge in [-0.1, -0.05) is 25.6 Å². The van der Waals surface area contributed by atoms with Crippen LogP contribution in [0.4, 0.5) is 51.2 Å². The molecule has 0 unspecified atom stereocenters. The maximum absolute atomic E-state index is 12.9. The van der Waals surface area contributed by atoms with E-state index in [2.05, 4.69) is 84.8 Å². The summed E-state index contributed by atoms with van der Waals surface area (Å²) in [7, 11) is -2.07. The number of nitrogens with zero attached hydrogens (tertiary/aromatic N) is 14. The monoisotopic (exact) mass is 1520 g/mol. The number of benzene rings is 3. The van der Waals surface area contributed by atoms with Crippen LogP contribution in [0.15, 0.2) is 179 Å². The molecular weight excluding hydrogens is 1460 g/mol. The smallest absolute Gasteiger partial charge is 0.464 e. The Morgan fingerprint density at radius 1 is 0.491 bits per heavy atom. The van der Waals surface area contributed by atoms with E-state index in [0.717, 1.165) is 20.1 Å². The number of H-pyrrole nitrogens is 1. The maximum atomic E-state index is 12.9. The highest BCUT2D eigenvalue weighted by molar-refractivity contribution is 7.88. The number of hydrogen-bond acceptors (Lipinski definition) is 31. The minimum Gasteiger partial charge on any atom is -0.464 e. The number of furan rings is 3. The summed E-state index contributed by atoms with van der Waals surface area (Å²) in [6.45, 7) is 10.5. The van der Waals surface area contributed by atoms with Gasteiger partial charge in [-0.2, -0.15) is 46.2 Å². The van der Waals surface area contributed by atoms with Crippen molar-refractivity contribution in [1.29, 1.82) is 0 Å². The fraction of sp³-hybridized carbons (Fsp3) is 0.181. The number of rotatable bonds is 12. The lowest BCUT2D eigenvalue weighted by molar-refractivity contribution is -0.0499. The van der Waals surface area contributed by atoms with Crippen LogP contribution in [0, 0.1) is 0 Å². The van der Waals surface area contributed by atoms with Gasteiger partial charge in [0, 0.05) is 72.2 Å². The Bertz CT molecular complexity index is 6060. The Hall–Kier alpha value is -14.3. The summed E-state index contributed by atoms with van der Waals surface area (Å²) in [5.74, 6) is -1.38. The molecular formula is C72H63F3N18O16S. The first-order valence-electron chi connectivity index (χ1n) is 32.0. The van der Waals surface area contributed by atoms with E-state index in [1.165, 1.54) is 58.2 Å². The Kier molecular flexibility index (Phi) is 21.9. The summed E-state index contributed by atoms with van der Waals surface area (Å²) >= 11 is 0. The molecule has 0 atom stereocenters. The molecule has 0 saturated carbocycles. The fourth-order valence-electron chi connectivity index (χ4n) is 10.6. The quantitative estimate of drug-likeness (QED) is 0.0290. The summed E-state index contributed by atoms with van der Waals surface area (Å²) in [4.78, 5) is 98.6. The molecule has 0 aliphatic carbocycles. The number of aromatic amines is 1. The van der Waals surface area contributed by atoms with E-state index in [1.807, 2.05) is 24.3 Å². The van der Waals surface area contributed by atoms with Gasteiger partial charge in [0.1, 0.15) is 11.2 Å². The van der Waals surface area contributed by atoms with Gasteiger partial charge in [-0.25, -0.2) is 53.9 Å². The Labute approximate surface area is 619 Å². The van der Waals surface area contributed by atoms with Crippen LogP contribution in [-0.4, -0.2) is 151 Å². The first-order valence-corrected chi connectivity index (χ1v) is 33.4. The Balaban J connectivity index is 0.000000148. The van der Waals surface area contributed by atoms with Crippen molar-refractivity contribution in [3.63, 3.8) is 0 Å². The van der Waals surface area contributed by atoms with Gasteiger partial charge in [0.2, 0.25) is 5.76 Å². The van der Waals surface area contributed by atoms with Gasteiger partial charge in [0.05, 0.1) is 101 Å². The third-order valence-electron chi connectivity index (χ3n) is 15.0. The van der Waals surface area contributed by atoms with Crippen molar-refractivity contribution < 1.29 is 86.7 Å². The fourth-order valence-corrected chi connectivity index (χ4v) is 11.0. The molecule has 564 valence electrons. The molecule has 0 aliphatic rings. The number of fused-ring (bicyclic) bond motifs is 6. The second kappa shape index (κ2) is 31.4. The van der Waals surface area contributed by atoms with Gasteiger partial charge >= 0.3 is 45.7 Å². The molecule has 0 saturated heterocycles. The van der Waals surface area contributed by atoms with E-state index in [9.17, 15) is 45.6 Å². The van der Waals surface area contributed by atoms with E-state index in [0.29, 0.717) is 95.5 Å². The van der Waals surface area contributed by atoms with Crippen molar-refractivity contribution in [2.45, 2.75) is 65.7 Å². The van der Waals surface area contributed by atoms with Crippen molar-refractivity contribution >= 4 is 134 Å². The summed E-state index contributed by atoms with van der Waals surface area (Å²) in [5.41, 5.74) is 4.28. The summed E-state index contributed by atoms with van der Waals surface area (Å²) in [5, 5.41) is 24.8. The molecule has 3 aromatic carbocycles. The molecule has 15 aromatic rings. The normalized spacial score (nSPS) is 11.5. The largest absolute Gasteiger partial charge is 0.534 e. The standard InChI is InChI=1S/C25H22N6O5.C20H14N6O3.C14H17N3O4.C12H6F3N3O4S.CH4/c1-25(2,3)36-24(33)31-16-8-5-7-15(18(16)20(30-31)23(32)34-4)29-19-14-9-12-26-13-17(14)35-21(19)22-27-10-6-11-28-22;1-28-20(27)17-15-12(4-2-5-13(15)25-26-17)24-16-11-6-9-21-10-14(11)29-18(16)19-22-7-3-8-23-19;1-14(2,3)21-13(19)17-9-7-5-6-8(15)10(9)11(16-17)12(18)20-4;13-12(14,15)23(19,20)22-9-7-2-5-16-6-8(7)21-10(9)11-17-3-1-4-18-11;/h5-13,29H,1-4H3;2-10,24H,1H3,(H,25,26);5-7H,15H2,1-4H3;1-6H;1H4. The summed E-state index contributed by atoms with van der Waals surface area (Å²) in [6.07, 6.45) is 16.7. The minimum absolute atomic E-state index is 0. The topological polar surface area (TPSA) is 445 Å². The van der Waals surface area contributed by atoms with Crippen molar-refractivity contribution in [2.24, 2.45) is 0 Å². The van der Waals surface area contributed by atoms with Crippen LogP contribution in [0.25, 0.3) is 100 Å². The number of hydrogen-bond donors (Lipinski definition) is 4. The summed E-state index contributed by atoms with van der Waals surface area (Å²) in [6, 6.07) is 25.4. The Morgan fingerprint density at radius 2 is 0.882 bits per heavy atom. The highest BCUT2D eigenvalue weighted by Crippen LogP contribution is 2.44. The highest BCUT2D eigenvalue weighted by Gasteiger charge is 2.49. The molecule has 12 aromatic heterocycles. The first-order chi connectivity index (χ1) is 52.1. The number of halogens is 3. The van der Waals surface area contributed by atoms with E-state index >= 15 is 0 Å². The second-order valence-electron chi connectivity index (χ2n) is 24.6. The number of aromatic nitrogens is 15. The van der Waals surface area contributed by atoms with Gasteiger partial charge in [-0.15, -0.1) is 0 Å². The van der Waals surface area contributed by atoms with Gasteiger partial charge in [-0.3, -0.25) is 20.1 Å². The van der Waals surface area contributed by atoms with Crippen molar-refractivity contribution in [3.05, 3.63) is 182 Å². The van der Waals surface area contributed by atoms with Gasteiger partial charge < -0.3 is 57.5 Å². The minimum atomic E-state index is -5.88. The number of carbonyl (C=O) groups excluding carboxylic acids is 5. The number of nitrogens with two attached hydrogens (primary N) is 1. The van der Waals surface area contributed by atoms with Crippen LogP contribution < -0.4 is 20.6 Å². The average molecular weight is 1530 g/mol. The molecule has 34 nitrogen and oxygen atoms in total. The van der Waals surface area contributed by atoms with Crippen LogP contribution in [0.5, 0.6) is 5.75 Å².